The van der Waals surface area contributed by atoms with E-state index >= 15 is 0 Å². The molecule has 7 heteroatoms. The van der Waals surface area contributed by atoms with Crippen LogP contribution < -0.4 is 10.6 Å². The number of hydrogen-bond donors (Lipinski definition) is 2. The van der Waals surface area contributed by atoms with E-state index in [9.17, 15) is 4.79 Å². The monoisotopic (exact) mass is 320 g/mol. The molecule has 0 spiro atoms. The maximum Gasteiger partial charge on any atom is 0.270 e. The molecule has 0 saturated carbocycles. The van der Waals surface area contributed by atoms with Gasteiger partial charge in [-0.2, -0.15) is 0 Å². The minimum atomic E-state index is -0.273. The molecule has 116 valence electrons. The van der Waals surface area contributed by atoms with Crippen LogP contribution in [0, 0.1) is 6.92 Å². The van der Waals surface area contributed by atoms with Gasteiger partial charge in [-0.15, -0.1) is 0 Å². The van der Waals surface area contributed by atoms with E-state index in [0.29, 0.717) is 24.0 Å². The standard InChI is InChI=1S/C15H17ClN4O2/c1-10-3-4-11(16)7-12(10)20-14-8-13(18-9-19-14)15(21)17-5-6-22-2/h3-4,7-9H,5-6H2,1-2H3,(H,17,21)(H,18,19,20). The Kier molecular flexibility index (Phi) is 5.68. The van der Waals surface area contributed by atoms with Gasteiger partial charge < -0.3 is 15.4 Å². The number of rotatable bonds is 6. The number of carbonyl (C=O) groups is 1. The largest absolute Gasteiger partial charge is 0.383 e. The summed E-state index contributed by atoms with van der Waals surface area (Å²) < 4.78 is 4.88. The molecular formula is C15H17ClN4O2. The second kappa shape index (κ2) is 7.72. The van der Waals surface area contributed by atoms with E-state index in [-0.39, 0.29) is 11.6 Å². The van der Waals surface area contributed by atoms with Crippen molar-refractivity contribution < 1.29 is 9.53 Å². The third-order valence-electron chi connectivity index (χ3n) is 2.95. The van der Waals surface area contributed by atoms with Crippen LogP contribution in [0.15, 0.2) is 30.6 Å². The summed E-state index contributed by atoms with van der Waals surface area (Å²) in [6, 6.07) is 7.11. The highest BCUT2D eigenvalue weighted by atomic mass is 35.5. The number of amides is 1. The van der Waals surface area contributed by atoms with Crippen LogP contribution in [-0.2, 0) is 4.74 Å². The van der Waals surface area contributed by atoms with Crippen LogP contribution in [0.1, 0.15) is 16.1 Å². The lowest BCUT2D eigenvalue weighted by molar-refractivity contribution is 0.0932. The molecule has 1 heterocycles. The van der Waals surface area contributed by atoms with Crippen molar-refractivity contribution in [1.29, 1.82) is 0 Å². The molecule has 2 aromatic rings. The first-order valence-electron chi connectivity index (χ1n) is 6.72. The van der Waals surface area contributed by atoms with E-state index in [1.165, 1.54) is 6.33 Å². The van der Waals surface area contributed by atoms with Crippen LogP contribution in [0.5, 0.6) is 0 Å². The van der Waals surface area contributed by atoms with Gasteiger partial charge in [-0.25, -0.2) is 9.97 Å². The SMILES string of the molecule is COCCNC(=O)c1cc(Nc2cc(Cl)ccc2C)ncn1. The summed E-state index contributed by atoms with van der Waals surface area (Å²) in [6.07, 6.45) is 1.34. The minimum absolute atomic E-state index is 0.273. The Hall–Kier alpha value is -2.18. The summed E-state index contributed by atoms with van der Waals surface area (Å²) >= 11 is 5.99. The average Bonchev–Trinajstić information content (AvgIpc) is 2.51. The smallest absolute Gasteiger partial charge is 0.270 e. The first kappa shape index (κ1) is 16.2. The molecule has 0 aliphatic heterocycles. The molecular weight excluding hydrogens is 304 g/mol. The molecule has 22 heavy (non-hydrogen) atoms. The first-order valence-corrected chi connectivity index (χ1v) is 7.10. The van der Waals surface area contributed by atoms with E-state index in [2.05, 4.69) is 20.6 Å². The zero-order valence-electron chi connectivity index (χ0n) is 12.4. The number of hydrogen-bond acceptors (Lipinski definition) is 5. The van der Waals surface area contributed by atoms with Gasteiger partial charge in [0.25, 0.3) is 5.91 Å². The molecule has 0 bridgehead atoms. The lowest BCUT2D eigenvalue weighted by Crippen LogP contribution is -2.27. The predicted octanol–water partition coefficient (Wildman–Crippen LogP) is 2.56. The number of halogens is 1. The van der Waals surface area contributed by atoms with Crippen molar-refractivity contribution >= 4 is 29.0 Å². The molecule has 1 amide bonds. The van der Waals surface area contributed by atoms with Crippen molar-refractivity contribution in [2.75, 3.05) is 25.6 Å². The third-order valence-corrected chi connectivity index (χ3v) is 3.19. The fourth-order valence-electron chi connectivity index (χ4n) is 1.77. The molecule has 0 unspecified atom stereocenters. The maximum absolute atomic E-state index is 11.9. The lowest BCUT2D eigenvalue weighted by Gasteiger charge is -2.10. The average molecular weight is 321 g/mol. The first-order chi connectivity index (χ1) is 10.6. The molecule has 0 aliphatic carbocycles. The second-order valence-corrected chi connectivity index (χ2v) is 5.06. The van der Waals surface area contributed by atoms with E-state index in [1.54, 1.807) is 19.2 Å². The van der Waals surface area contributed by atoms with Gasteiger partial charge in [0.05, 0.1) is 6.61 Å². The Balaban J connectivity index is 2.11. The van der Waals surface area contributed by atoms with Gasteiger partial charge in [-0.1, -0.05) is 17.7 Å². The van der Waals surface area contributed by atoms with Crippen LogP contribution in [0.4, 0.5) is 11.5 Å². The van der Waals surface area contributed by atoms with Gasteiger partial charge in [0.15, 0.2) is 0 Å². The molecule has 0 saturated heterocycles. The maximum atomic E-state index is 11.9. The zero-order valence-corrected chi connectivity index (χ0v) is 13.1. The fraction of sp³-hybridized carbons (Fsp3) is 0.267. The van der Waals surface area contributed by atoms with Gasteiger partial charge in [0.2, 0.25) is 0 Å². The van der Waals surface area contributed by atoms with Gasteiger partial charge in [0, 0.05) is 30.4 Å². The van der Waals surface area contributed by atoms with Gasteiger partial charge in [0.1, 0.15) is 17.8 Å². The summed E-state index contributed by atoms with van der Waals surface area (Å²) in [5.41, 5.74) is 2.14. The van der Waals surface area contributed by atoms with Crippen LogP contribution in [0.2, 0.25) is 5.02 Å². The van der Waals surface area contributed by atoms with Crippen molar-refractivity contribution in [1.82, 2.24) is 15.3 Å². The molecule has 0 atom stereocenters. The summed E-state index contributed by atoms with van der Waals surface area (Å²) in [5, 5.41) is 6.47. The van der Waals surface area contributed by atoms with Gasteiger partial charge >= 0.3 is 0 Å². The minimum Gasteiger partial charge on any atom is -0.383 e. The number of anilines is 2. The highest BCUT2D eigenvalue weighted by Crippen LogP contribution is 2.23. The zero-order chi connectivity index (χ0) is 15.9. The van der Waals surface area contributed by atoms with E-state index in [4.69, 9.17) is 16.3 Å². The number of nitrogens with zero attached hydrogens (tertiary/aromatic N) is 2. The molecule has 2 N–H and O–H groups in total. The van der Waals surface area contributed by atoms with Crippen LogP contribution in [0.3, 0.4) is 0 Å². The molecule has 2 rings (SSSR count). The molecule has 1 aromatic heterocycles. The summed E-state index contributed by atoms with van der Waals surface area (Å²) in [6.45, 7) is 2.83. The Morgan fingerprint density at radius 1 is 1.32 bits per heavy atom. The Morgan fingerprint density at radius 3 is 2.91 bits per heavy atom. The Bertz CT molecular complexity index is 664. The fourth-order valence-corrected chi connectivity index (χ4v) is 1.95. The van der Waals surface area contributed by atoms with Crippen LogP contribution in [-0.4, -0.2) is 36.1 Å². The number of nitrogens with one attached hydrogen (secondary N) is 2. The van der Waals surface area contributed by atoms with Crippen LogP contribution in [0.25, 0.3) is 0 Å². The van der Waals surface area contributed by atoms with Crippen molar-refractivity contribution in [3.8, 4) is 0 Å². The van der Waals surface area contributed by atoms with E-state index < -0.39 is 0 Å². The van der Waals surface area contributed by atoms with Crippen molar-refractivity contribution in [2.24, 2.45) is 0 Å². The molecule has 0 aliphatic rings. The lowest BCUT2D eigenvalue weighted by atomic mass is 10.2. The quantitative estimate of drug-likeness (QED) is 0.800. The molecule has 6 nitrogen and oxygen atoms in total. The second-order valence-electron chi connectivity index (χ2n) is 4.62. The normalized spacial score (nSPS) is 10.3. The van der Waals surface area contributed by atoms with Crippen LogP contribution >= 0.6 is 11.6 Å². The van der Waals surface area contributed by atoms with Gasteiger partial charge in [-0.05, 0) is 24.6 Å². The summed E-state index contributed by atoms with van der Waals surface area (Å²) in [7, 11) is 1.58. The number of benzene rings is 1. The topological polar surface area (TPSA) is 76.1 Å². The summed E-state index contributed by atoms with van der Waals surface area (Å²) in [4.78, 5) is 20.0. The van der Waals surface area contributed by atoms with E-state index in [1.807, 2.05) is 19.1 Å². The Labute approximate surface area is 133 Å². The number of aromatic nitrogens is 2. The van der Waals surface area contributed by atoms with Crippen molar-refractivity contribution in [3.63, 3.8) is 0 Å². The number of methoxy groups -OCH3 is 1. The Morgan fingerprint density at radius 2 is 2.14 bits per heavy atom. The highest BCUT2D eigenvalue weighted by Gasteiger charge is 2.09. The predicted molar refractivity (Wildman–Crippen MR) is 85.7 cm³/mol. The third kappa shape index (κ3) is 4.41. The molecule has 0 radical (unpaired) electrons. The number of carbonyl (C=O) groups excluding carboxylic acids is 1. The molecule has 1 aromatic carbocycles. The van der Waals surface area contributed by atoms with Crippen molar-refractivity contribution in [3.05, 3.63) is 46.9 Å². The number of ether oxygens (including phenoxy) is 1. The summed E-state index contributed by atoms with van der Waals surface area (Å²) in [5.74, 6) is 0.252. The van der Waals surface area contributed by atoms with E-state index in [0.717, 1.165) is 11.3 Å². The molecule has 0 fully saturated rings. The highest BCUT2D eigenvalue weighted by molar-refractivity contribution is 6.30. The van der Waals surface area contributed by atoms with Crippen molar-refractivity contribution in [2.45, 2.75) is 6.92 Å². The number of aryl methyl sites for hydroxylation is 1. The van der Waals surface area contributed by atoms with Gasteiger partial charge in [-0.3, -0.25) is 4.79 Å².